The Morgan fingerprint density at radius 2 is 1.76 bits per heavy atom. The lowest BCUT2D eigenvalue weighted by molar-refractivity contribution is 0.0697. The maximum Gasteiger partial charge on any atom is 0.335 e. The molecule has 0 bridgehead atoms. The second kappa shape index (κ2) is 5.60. The highest BCUT2D eigenvalue weighted by molar-refractivity contribution is 5.88. The zero-order chi connectivity index (χ0) is 14.8. The third-order valence-electron chi connectivity index (χ3n) is 4.27. The van der Waals surface area contributed by atoms with Crippen LogP contribution in [0.1, 0.15) is 40.2 Å². The van der Waals surface area contributed by atoms with Gasteiger partial charge in [-0.15, -0.1) is 0 Å². The van der Waals surface area contributed by atoms with Crippen molar-refractivity contribution in [3.63, 3.8) is 0 Å². The molecule has 0 spiro atoms. The summed E-state index contributed by atoms with van der Waals surface area (Å²) in [5, 5.41) is 12.4. The van der Waals surface area contributed by atoms with E-state index in [0.717, 1.165) is 18.5 Å². The van der Waals surface area contributed by atoms with Crippen molar-refractivity contribution in [1.29, 1.82) is 0 Å². The molecule has 3 nitrogen and oxygen atoms in total. The summed E-state index contributed by atoms with van der Waals surface area (Å²) in [7, 11) is 0. The van der Waals surface area contributed by atoms with Crippen LogP contribution in [0.2, 0.25) is 0 Å². The van der Waals surface area contributed by atoms with Gasteiger partial charge in [-0.1, -0.05) is 24.3 Å². The van der Waals surface area contributed by atoms with Crippen LogP contribution in [0.15, 0.2) is 48.5 Å². The Balaban J connectivity index is 1.57. The van der Waals surface area contributed by atoms with Gasteiger partial charge in [0.1, 0.15) is 0 Å². The molecule has 1 saturated carbocycles. The topological polar surface area (TPSA) is 49.3 Å². The van der Waals surface area contributed by atoms with Gasteiger partial charge in [0.15, 0.2) is 0 Å². The van der Waals surface area contributed by atoms with Crippen molar-refractivity contribution in [1.82, 2.24) is 0 Å². The van der Waals surface area contributed by atoms with E-state index in [9.17, 15) is 4.79 Å². The molecule has 2 aromatic rings. The minimum absolute atomic E-state index is 0.326. The molecule has 0 aliphatic heterocycles. The summed E-state index contributed by atoms with van der Waals surface area (Å²) < 4.78 is 0. The number of aryl methyl sites for hydroxylation is 1. The minimum Gasteiger partial charge on any atom is -0.478 e. The Morgan fingerprint density at radius 3 is 2.38 bits per heavy atom. The average Bonchev–Trinajstić information content (AvgIpc) is 2.44. The van der Waals surface area contributed by atoms with Crippen LogP contribution in [-0.2, 0) is 0 Å². The number of nitrogens with one attached hydrogen (secondary N) is 1. The highest BCUT2D eigenvalue weighted by Gasteiger charge is 2.30. The van der Waals surface area contributed by atoms with Crippen LogP contribution in [0, 0.1) is 6.92 Å². The van der Waals surface area contributed by atoms with Gasteiger partial charge < -0.3 is 10.4 Å². The van der Waals surface area contributed by atoms with Crippen molar-refractivity contribution in [3.05, 3.63) is 65.2 Å². The first-order valence-corrected chi connectivity index (χ1v) is 7.29. The maximum absolute atomic E-state index is 10.8. The largest absolute Gasteiger partial charge is 0.478 e. The monoisotopic (exact) mass is 281 g/mol. The molecule has 2 N–H and O–H groups in total. The maximum atomic E-state index is 10.8. The first kappa shape index (κ1) is 13.7. The summed E-state index contributed by atoms with van der Waals surface area (Å²) in [6.45, 7) is 2.17. The quantitative estimate of drug-likeness (QED) is 0.888. The van der Waals surface area contributed by atoms with E-state index in [1.165, 1.54) is 11.1 Å². The first-order chi connectivity index (χ1) is 10.1. The van der Waals surface area contributed by atoms with Crippen molar-refractivity contribution in [2.24, 2.45) is 0 Å². The number of carboxylic acid groups (broad SMARTS) is 1. The molecule has 0 radical (unpaired) electrons. The van der Waals surface area contributed by atoms with Crippen molar-refractivity contribution in [2.45, 2.75) is 31.7 Å². The lowest BCUT2D eigenvalue weighted by atomic mass is 9.74. The van der Waals surface area contributed by atoms with Gasteiger partial charge in [0.2, 0.25) is 0 Å². The Hall–Kier alpha value is -2.29. The molecule has 0 amide bonds. The number of hydrogen-bond acceptors (Lipinski definition) is 2. The second-order valence-corrected chi connectivity index (χ2v) is 5.75. The standard InChI is InChI=1S/C18H19NO2/c1-12-4-2-3-5-17(12)14-10-16(11-14)19-15-8-6-13(7-9-15)18(20)21/h2-9,14,16,19H,10-11H2,1H3,(H,20,21). The van der Waals surface area contributed by atoms with Crippen molar-refractivity contribution >= 4 is 11.7 Å². The molecule has 21 heavy (non-hydrogen) atoms. The van der Waals surface area contributed by atoms with E-state index in [0.29, 0.717) is 17.5 Å². The van der Waals surface area contributed by atoms with Crippen LogP contribution in [0.4, 0.5) is 5.69 Å². The third-order valence-corrected chi connectivity index (χ3v) is 4.27. The van der Waals surface area contributed by atoms with E-state index >= 15 is 0 Å². The van der Waals surface area contributed by atoms with Crippen LogP contribution >= 0.6 is 0 Å². The van der Waals surface area contributed by atoms with Crippen molar-refractivity contribution < 1.29 is 9.90 Å². The van der Waals surface area contributed by atoms with E-state index in [1.54, 1.807) is 12.1 Å². The van der Waals surface area contributed by atoms with E-state index in [-0.39, 0.29) is 0 Å². The van der Waals surface area contributed by atoms with E-state index in [1.807, 2.05) is 12.1 Å². The molecule has 3 rings (SSSR count). The fourth-order valence-corrected chi connectivity index (χ4v) is 2.98. The lowest BCUT2D eigenvalue weighted by Crippen LogP contribution is -2.34. The Kier molecular flexibility index (Phi) is 3.65. The van der Waals surface area contributed by atoms with E-state index in [2.05, 4.69) is 36.5 Å². The smallest absolute Gasteiger partial charge is 0.335 e. The minimum atomic E-state index is -0.884. The number of hydrogen-bond donors (Lipinski definition) is 2. The summed E-state index contributed by atoms with van der Waals surface area (Å²) in [6, 6.07) is 16.0. The number of carboxylic acids is 1. The zero-order valence-corrected chi connectivity index (χ0v) is 12.0. The summed E-state index contributed by atoms with van der Waals surface area (Å²) in [5.41, 5.74) is 4.14. The van der Waals surface area contributed by atoms with Crippen LogP contribution in [-0.4, -0.2) is 17.1 Å². The molecule has 0 aromatic heterocycles. The van der Waals surface area contributed by atoms with Crippen LogP contribution in [0.3, 0.4) is 0 Å². The predicted octanol–water partition coefficient (Wildman–Crippen LogP) is 4.05. The van der Waals surface area contributed by atoms with Crippen molar-refractivity contribution in [2.75, 3.05) is 5.32 Å². The van der Waals surface area contributed by atoms with E-state index in [4.69, 9.17) is 5.11 Å². The number of aromatic carboxylic acids is 1. The molecule has 1 fully saturated rings. The number of rotatable bonds is 4. The zero-order valence-electron chi connectivity index (χ0n) is 12.0. The summed E-state index contributed by atoms with van der Waals surface area (Å²) in [6.07, 6.45) is 2.26. The highest BCUT2D eigenvalue weighted by atomic mass is 16.4. The van der Waals surface area contributed by atoms with Gasteiger partial charge in [0, 0.05) is 11.7 Å². The first-order valence-electron chi connectivity index (χ1n) is 7.29. The molecule has 1 aliphatic rings. The summed E-state index contributed by atoms with van der Waals surface area (Å²) in [4.78, 5) is 10.8. The SMILES string of the molecule is Cc1ccccc1C1CC(Nc2ccc(C(=O)O)cc2)C1. The molecular weight excluding hydrogens is 262 g/mol. The Labute approximate surface area is 124 Å². The van der Waals surface area contributed by atoms with Crippen LogP contribution in [0.25, 0.3) is 0 Å². The number of anilines is 1. The van der Waals surface area contributed by atoms with Gasteiger partial charge in [-0.05, 0) is 61.1 Å². The third kappa shape index (κ3) is 2.92. The van der Waals surface area contributed by atoms with Gasteiger partial charge in [-0.25, -0.2) is 4.79 Å². The number of benzene rings is 2. The molecule has 0 heterocycles. The lowest BCUT2D eigenvalue weighted by Gasteiger charge is -2.37. The van der Waals surface area contributed by atoms with Crippen molar-refractivity contribution in [3.8, 4) is 0 Å². The van der Waals surface area contributed by atoms with Gasteiger partial charge in [-0.3, -0.25) is 0 Å². The molecule has 0 saturated heterocycles. The van der Waals surface area contributed by atoms with Crippen LogP contribution in [0.5, 0.6) is 0 Å². The Bertz CT molecular complexity index is 643. The normalized spacial score (nSPS) is 20.6. The fourth-order valence-electron chi connectivity index (χ4n) is 2.98. The summed E-state index contributed by atoms with van der Waals surface area (Å²) >= 11 is 0. The molecular formula is C18H19NO2. The van der Waals surface area contributed by atoms with E-state index < -0.39 is 5.97 Å². The number of carbonyl (C=O) groups is 1. The van der Waals surface area contributed by atoms with Crippen LogP contribution < -0.4 is 5.32 Å². The van der Waals surface area contributed by atoms with Gasteiger partial charge in [0.25, 0.3) is 0 Å². The Morgan fingerprint density at radius 1 is 1.10 bits per heavy atom. The molecule has 1 aliphatic carbocycles. The molecule has 0 atom stereocenters. The summed E-state index contributed by atoms with van der Waals surface area (Å²) in [5.74, 6) is -0.244. The second-order valence-electron chi connectivity index (χ2n) is 5.75. The molecule has 0 unspecified atom stereocenters. The highest BCUT2D eigenvalue weighted by Crippen LogP contribution is 2.39. The van der Waals surface area contributed by atoms with Gasteiger partial charge >= 0.3 is 5.97 Å². The average molecular weight is 281 g/mol. The predicted molar refractivity (Wildman–Crippen MR) is 84.0 cm³/mol. The fraction of sp³-hybridized carbons (Fsp3) is 0.278. The van der Waals surface area contributed by atoms with Gasteiger partial charge in [0.05, 0.1) is 5.56 Å². The molecule has 108 valence electrons. The molecule has 2 aromatic carbocycles. The van der Waals surface area contributed by atoms with Gasteiger partial charge in [-0.2, -0.15) is 0 Å². The molecule has 3 heteroatoms.